The van der Waals surface area contributed by atoms with Crippen LogP contribution in [0.4, 0.5) is 0 Å². The van der Waals surface area contributed by atoms with Gasteiger partial charge in [-0.05, 0) is 36.7 Å². The van der Waals surface area contributed by atoms with E-state index >= 15 is 0 Å². The fraction of sp³-hybridized carbons (Fsp3) is 0.267. The molecule has 0 atom stereocenters. The van der Waals surface area contributed by atoms with Gasteiger partial charge in [0.05, 0.1) is 6.61 Å². The molecule has 0 spiro atoms. The molecule has 0 aliphatic rings. The first-order valence-electron chi connectivity index (χ1n) is 6.14. The minimum absolute atomic E-state index is 0.664. The minimum atomic E-state index is 0.664. The monoisotopic (exact) mass is 291 g/mol. The Morgan fingerprint density at radius 3 is 2.68 bits per heavy atom. The molecular formula is C15H14ClNOS. The van der Waals surface area contributed by atoms with E-state index in [9.17, 15) is 0 Å². The van der Waals surface area contributed by atoms with Crippen molar-refractivity contribution < 1.29 is 4.74 Å². The third-order valence-electron chi connectivity index (χ3n) is 2.79. The van der Waals surface area contributed by atoms with Gasteiger partial charge in [-0.3, -0.25) is 0 Å². The largest absolute Gasteiger partial charge is 0.493 e. The molecule has 2 rings (SSSR count). The predicted octanol–water partition coefficient (Wildman–Crippen LogP) is 4.87. The number of nitrogens with zero attached hydrogens (tertiary/aromatic N) is 1. The molecule has 0 amide bonds. The van der Waals surface area contributed by atoms with E-state index in [0.717, 1.165) is 40.1 Å². The van der Waals surface area contributed by atoms with Crippen molar-refractivity contribution in [2.75, 3.05) is 12.4 Å². The lowest BCUT2D eigenvalue weighted by Crippen LogP contribution is -1.98. The van der Waals surface area contributed by atoms with Gasteiger partial charge < -0.3 is 4.74 Å². The lowest BCUT2D eigenvalue weighted by Gasteiger charge is -2.10. The van der Waals surface area contributed by atoms with Crippen LogP contribution in [0.1, 0.15) is 12.8 Å². The topological polar surface area (TPSA) is 33.0 Å². The number of thiocyanates is 1. The van der Waals surface area contributed by atoms with E-state index in [4.69, 9.17) is 21.6 Å². The van der Waals surface area contributed by atoms with Crippen molar-refractivity contribution in [3.8, 4) is 11.2 Å². The molecule has 4 heteroatoms. The van der Waals surface area contributed by atoms with Gasteiger partial charge >= 0.3 is 0 Å². The van der Waals surface area contributed by atoms with Gasteiger partial charge in [0.2, 0.25) is 0 Å². The smallest absolute Gasteiger partial charge is 0.133 e. The van der Waals surface area contributed by atoms with Gasteiger partial charge in [-0.2, -0.15) is 5.26 Å². The molecule has 2 aromatic rings. The molecule has 2 nitrogen and oxygen atoms in total. The molecule has 0 N–H and O–H groups in total. The maximum Gasteiger partial charge on any atom is 0.133 e. The Bertz CT molecular complexity index is 594. The van der Waals surface area contributed by atoms with Crippen LogP contribution in [0.3, 0.4) is 0 Å². The Morgan fingerprint density at radius 2 is 1.89 bits per heavy atom. The molecule has 0 radical (unpaired) electrons. The van der Waals surface area contributed by atoms with Crippen LogP contribution in [0.2, 0.25) is 5.02 Å². The zero-order valence-electron chi connectivity index (χ0n) is 10.4. The van der Waals surface area contributed by atoms with Gasteiger partial charge in [0, 0.05) is 21.5 Å². The number of benzene rings is 2. The third kappa shape index (κ3) is 3.79. The molecule has 0 fully saturated rings. The number of unbranched alkanes of at least 4 members (excludes halogenated alkanes) is 1. The first kappa shape index (κ1) is 14.0. The molecule has 0 aliphatic heterocycles. The van der Waals surface area contributed by atoms with E-state index in [1.807, 2.05) is 36.4 Å². The van der Waals surface area contributed by atoms with Crippen molar-refractivity contribution in [1.29, 1.82) is 5.26 Å². The fourth-order valence-corrected chi connectivity index (χ4v) is 2.53. The first-order valence-corrected chi connectivity index (χ1v) is 7.50. The summed E-state index contributed by atoms with van der Waals surface area (Å²) < 4.78 is 5.80. The normalized spacial score (nSPS) is 10.3. The van der Waals surface area contributed by atoms with Crippen LogP contribution in [0.25, 0.3) is 10.8 Å². The second kappa shape index (κ2) is 7.28. The summed E-state index contributed by atoms with van der Waals surface area (Å²) >= 11 is 7.45. The molecule has 0 heterocycles. The lowest BCUT2D eigenvalue weighted by molar-refractivity contribution is 0.313. The number of nitriles is 1. The number of ether oxygens (including phenoxy) is 1. The zero-order chi connectivity index (χ0) is 13.5. The van der Waals surface area contributed by atoms with Crippen molar-refractivity contribution in [3.05, 3.63) is 41.4 Å². The summed E-state index contributed by atoms with van der Waals surface area (Å²) in [5.74, 6) is 1.73. The van der Waals surface area contributed by atoms with Crippen LogP contribution in [0, 0.1) is 10.7 Å². The van der Waals surface area contributed by atoms with Crippen molar-refractivity contribution >= 4 is 34.1 Å². The van der Waals surface area contributed by atoms with Crippen molar-refractivity contribution in [2.45, 2.75) is 12.8 Å². The zero-order valence-corrected chi connectivity index (χ0v) is 12.0. The van der Waals surface area contributed by atoms with Crippen molar-refractivity contribution in [2.24, 2.45) is 0 Å². The van der Waals surface area contributed by atoms with Crippen LogP contribution in [-0.2, 0) is 0 Å². The van der Waals surface area contributed by atoms with Gasteiger partial charge in [0.15, 0.2) is 0 Å². The van der Waals surface area contributed by atoms with Gasteiger partial charge in [-0.25, -0.2) is 0 Å². The lowest BCUT2D eigenvalue weighted by atomic mass is 10.1. The number of hydrogen-bond acceptors (Lipinski definition) is 3. The summed E-state index contributed by atoms with van der Waals surface area (Å²) in [5, 5.41) is 13.3. The van der Waals surface area contributed by atoms with Crippen LogP contribution in [0.5, 0.6) is 5.75 Å². The Kier molecular flexibility index (Phi) is 5.38. The summed E-state index contributed by atoms with van der Waals surface area (Å²) in [5.41, 5.74) is 0. The molecule has 2 aromatic carbocycles. The van der Waals surface area contributed by atoms with Crippen LogP contribution >= 0.6 is 23.4 Å². The second-order valence-electron chi connectivity index (χ2n) is 4.09. The molecule has 0 aromatic heterocycles. The number of halogens is 1. The van der Waals surface area contributed by atoms with Crippen LogP contribution < -0.4 is 4.74 Å². The Morgan fingerprint density at radius 1 is 1.11 bits per heavy atom. The second-order valence-corrected chi connectivity index (χ2v) is 5.37. The summed E-state index contributed by atoms with van der Waals surface area (Å²) in [6, 6.07) is 11.7. The highest BCUT2D eigenvalue weighted by Gasteiger charge is 2.04. The van der Waals surface area contributed by atoms with Gasteiger partial charge in [-0.1, -0.05) is 35.9 Å². The molecular weight excluding hydrogens is 278 g/mol. The standard InChI is InChI=1S/C15H14ClNOS/c16-14-7-8-15(13-6-2-1-5-12(13)14)18-9-3-4-10-19-11-17/h1-2,5-8H,3-4,9-10H2. The van der Waals surface area contributed by atoms with Crippen LogP contribution in [0.15, 0.2) is 36.4 Å². The summed E-state index contributed by atoms with van der Waals surface area (Å²) in [6.45, 7) is 0.664. The highest BCUT2D eigenvalue weighted by molar-refractivity contribution is 8.03. The fourth-order valence-electron chi connectivity index (χ4n) is 1.86. The predicted molar refractivity (Wildman–Crippen MR) is 81.8 cm³/mol. The molecule has 98 valence electrons. The summed E-state index contributed by atoms with van der Waals surface area (Å²) in [4.78, 5) is 0. The van der Waals surface area contributed by atoms with Crippen LogP contribution in [-0.4, -0.2) is 12.4 Å². The van der Waals surface area contributed by atoms with Crippen molar-refractivity contribution in [1.82, 2.24) is 0 Å². The highest BCUT2D eigenvalue weighted by atomic mass is 35.5. The molecule has 0 unspecified atom stereocenters. The number of fused-ring (bicyclic) bond motifs is 1. The van der Waals surface area contributed by atoms with Gasteiger partial charge in [0.1, 0.15) is 11.2 Å². The maximum atomic E-state index is 8.41. The first-order chi connectivity index (χ1) is 9.33. The Labute approximate surface area is 122 Å². The maximum absolute atomic E-state index is 8.41. The van der Waals surface area contributed by atoms with E-state index in [1.165, 1.54) is 11.8 Å². The number of hydrogen-bond donors (Lipinski definition) is 0. The Hall–Kier alpha value is -1.37. The number of rotatable bonds is 6. The highest BCUT2D eigenvalue weighted by Crippen LogP contribution is 2.31. The Balaban J connectivity index is 1.98. The average molecular weight is 292 g/mol. The molecule has 0 saturated carbocycles. The summed E-state index contributed by atoms with van der Waals surface area (Å²) in [6.07, 6.45) is 1.94. The van der Waals surface area contributed by atoms with E-state index < -0.39 is 0 Å². The SMILES string of the molecule is N#CSCCCCOc1ccc(Cl)c2ccccc12. The molecule has 0 aliphatic carbocycles. The number of thioether (sulfide) groups is 1. The molecule has 19 heavy (non-hydrogen) atoms. The summed E-state index contributed by atoms with van der Waals surface area (Å²) in [7, 11) is 0. The van der Waals surface area contributed by atoms with E-state index in [-0.39, 0.29) is 0 Å². The minimum Gasteiger partial charge on any atom is -0.493 e. The third-order valence-corrected chi connectivity index (χ3v) is 3.75. The van der Waals surface area contributed by atoms with E-state index in [2.05, 4.69) is 5.40 Å². The van der Waals surface area contributed by atoms with E-state index in [0.29, 0.717) is 6.61 Å². The quantitative estimate of drug-likeness (QED) is 0.562. The van der Waals surface area contributed by atoms with Gasteiger partial charge in [0.25, 0.3) is 0 Å². The molecule has 0 saturated heterocycles. The van der Waals surface area contributed by atoms with Gasteiger partial charge in [-0.15, -0.1) is 0 Å². The average Bonchev–Trinajstić information content (AvgIpc) is 2.45. The molecule has 0 bridgehead atoms. The van der Waals surface area contributed by atoms with E-state index in [1.54, 1.807) is 0 Å². The van der Waals surface area contributed by atoms with Crippen molar-refractivity contribution in [3.63, 3.8) is 0 Å².